The minimum atomic E-state index is -1.15. The van der Waals surface area contributed by atoms with Crippen molar-refractivity contribution in [3.63, 3.8) is 0 Å². The number of aromatic hydroxyl groups is 1. The number of carboxylic acids is 1. The van der Waals surface area contributed by atoms with Gasteiger partial charge in [-0.3, -0.25) is 9.59 Å². The minimum Gasteiger partial charge on any atom is -0.508 e. The molecule has 1 aromatic carbocycles. The summed E-state index contributed by atoms with van der Waals surface area (Å²) < 4.78 is 0. The molecule has 3 unspecified atom stereocenters. The smallest absolute Gasteiger partial charge is 0.326 e. The van der Waals surface area contributed by atoms with E-state index >= 15 is 0 Å². The third kappa shape index (κ3) is 6.97. The zero-order valence-corrected chi connectivity index (χ0v) is 28.6. The van der Waals surface area contributed by atoms with Crippen LogP contribution in [0.5, 0.6) is 5.75 Å². The molecule has 8 heteroatoms. The maximum atomic E-state index is 13.2. The van der Waals surface area contributed by atoms with Gasteiger partial charge >= 0.3 is 5.97 Å². The number of rotatable bonds is 11. The van der Waals surface area contributed by atoms with Gasteiger partial charge in [0.15, 0.2) is 0 Å². The van der Waals surface area contributed by atoms with Gasteiger partial charge in [-0.05, 0) is 134 Å². The van der Waals surface area contributed by atoms with Crippen LogP contribution in [0.25, 0.3) is 0 Å². The lowest BCUT2D eigenvalue weighted by Crippen LogP contribution is -2.54. The van der Waals surface area contributed by atoms with Crippen molar-refractivity contribution < 1.29 is 29.7 Å². The van der Waals surface area contributed by atoms with E-state index in [1.807, 2.05) is 13.8 Å². The Bertz CT molecular complexity index is 1250. The van der Waals surface area contributed by atoms with Crippen LogP contribution in [-0.2, 0) is 20.8 Å². The van der Waals surface area contributed by atoms with Crippen molar-refractivity contribution >= 4 is 17.8 Å². The largest absolute Gasteiger partial charge is 0.508 e. The Labute approximate surface area is 275 Å². The van der Waals surface area contributed by atoms with Crippen molar-refractivity contribution in [2.24, 2.45) is 52.3 Å². The molecule has 5 rings (SSSR count). The number of phenolic OH excluding ortho intramolecular Hbond substituents is 1. The lowest BCUT2D eigenvalue weighted by molar-refractivity contribution is -0.142. The highest BCUT2D eigenvalue weighted by Crippen LogP contribution is 2.68. The van der Waals surface area contributed by atoms with E-state index in [4.69, 9.17) is 0 Å². The summed E-state index contributed by atoms with van der Waals surface area (Å²) >= 11 is 0. The maximum absolute atomic E-state index is 13.2. The normalized spacial score (nSPS) is 35.6. The standard InChI is InChI=1S/C38H58N2O6/c1-22(2)34(35(44)39-32(36(45)46)20-24-7-10-26(41)11-8-24)40-33(43)15-6-23(3)29-13-14-30-28-12-9-25-21-27(42)16-18-37(25,4)31(28)17-19-38(29,30)5/h7-8,10-11,22-23,25,27-32,34,41-42H,6,9,12-21H2,1-5H3,(H,39,44)(H,40,43)(H,45,46)/t23?,25-,27-,28+,29-,30+,31+,32?,34?,37+,38-/m1/s1. The molecule has 4 aliphatic rings. The third-order valence-electron chi connectivity index (χ3n) is 13.5. The van der Waals surface area contributed by atoms with Gasteiger partial charge in [0.05, 0.1) is 6.10 Å². The zero-order valence-electron chi connectivity index (χ0n) is 28.6. The Morgan fingerprint density at radius 2 is 1.57 bits per heavy atom. The summed E-state index contributed by atoms with van der Waals surface area (Å²) in [6, 6.07) is 4.26. The Kier molecular flexibility index (Phi) is 10.5. The molecular weight excluding hydrogens is 580 g/mol. The molecular formula is C38H58N2O6. The first-order chi connectivity index (χ1) is 21.7. The topological polar surface area (TPSA) is 136 Å². The fourth-order valence-corrected chi connectivity index (χ4v) is 10.9. The van der Waals surface area contributed by atoms with Crippen LogP contribution in [-0.4, -0.2) is 51.3 Å². The van der Waals surface area contributed by atoms with Crippen molar-refractivity contribution in [2.75, 3.05) is 0 Å². The number of amides is 2. The van der Waals surface area contributed by atoms with Gasteiger partial charge in [-0.2, -0.15) is 0 Å². The number of fused-ring (bicyclic) bond motifs is 5. The summed E-state index contributed by atoms with van der Waals surface area (Å²) in [6.07, 6.45) is 11.8. The Balaban J connectivity index is 1.15. The minimum absolute atomic E-state index is 0.0727. The summed E-state index contributed by atoms with van der Waals surface area (Å²) in [7, 11) is 0. The van der Waals surface area contributed by atoms with Gasteiger partial charge in [0.25, 0.3) is 0 Å². The van der Waals surface area contributed by atoms with E-state index in [0.717, 1.165) is 37.0 Å². The molecule has 4 saturated carbocycles. The quantitative estimate of drug-likeness (QED) is 0.199. The molecule has 256 valence electrons. The number of nitrogens with one attached hydrogen (secondary N) is 2. The van der Waals surface area contributed by atoms with Crippen LogP contribution in [0.2, 0.25) is 0 Å². The highest BCUT2D eigenvalue weighted by Gasteiger charge is 2.60. The van der Waals surface area contributed by atoms with Gasteiger partial charge < -0.3 is 26.0 Å². The number of phenols is 1. The fourth-order valence-electron chi connectivity index (χ4n) is 10.9. The zero-order chi connectivity index (χ0) is 33.4. The van der Waals surface area contributed by atoms with Crippen LogP contribution >= 0.6 is 0 Å². The van der Waals surface area contributed by atoms with Crippen LogP contribution in [0.15, 0.2) is 24.3 Å². The first-order valence-corrected chi connectivity index (χ1v) is 18.0. The molecule has 0 radical (unpaired) electrons. The SMILES string of the molecule is CC(C)C(NC(=O)CCC(C)[C@H]1CC[C@H]2[C@@H]3CC[C@@H]4C[C@H](O)CC[C@]4(C)[C@H]3CC[C@]12C)C(=O)NC(Cc1ccc(O)cc1)C(=O)O. The van der Waals surface area contributed by atoms with Crippen LogP contribution in [0.1, 0.15) is 111 Å². The molecule has 4 fully saturated rings. The summed E-state index contributed by atoms with van der Waals surface area (Å²) in [5.41, 5.74) is 1.36. The second kappa shape index (κ2) is 13.9. The number of carbonyl (C=O) groups excluding carboxylic acids is 2. The number of aliphatic carboxylic acids is 1. The number of hydrogen-bond donors (Lipinski definition) is 5. The molecule has 5 N–H and O–H groups in total. The van der Waals surface area contributed by atoms with E-state index in [1.54, 1.807) is 12.1 Å². The molecule has 0 bridgehead atoms. The van der Waals surface area contributed by atoms with E-state index < -0.39 is 24.0 Å². The van der Waals surface area contributed by atoms with E-state index in [9.17, 15) is 29.7 Å². The number of carboxylic acid groups (broad SMARTS) is 1. The van der Waals surface area contributed by atoms with Crippen LogP contribution in [0.3, 0.4) is 0 Å². The van der Waals surface area contributed by atoms with Gasteiger partial charge in [0.1, 0.15) is 17.8 Å². The van der Waals surface area contributed by atoms with E-state index in [1.165, 1.54) is 57.1 Å². The number of aliphatic hydroxyl groups excluding tert-OH is 1. The van der Waals surface area contributed by atoms with Crippen LogP contribution in [0.4, 0.5) is 0 Å². The summed E-state index contributed by atoms with van der Waals surface area (Å²) in [4.78, 5) is 38.4. The second-order valence-corrected chi connectivity index (χ2v) is 16.4. The van der Waals surface area contributed by atoms with Gasteiger partial charge in [0.2, 0.25) is 11.8 Å². The van der Waals surface area contributed by atoms with Gasteiger partial charge in [-0.15, -0.1) is 0 Å². The number of carbonyl (C=O) groups is 3. The molecule has 0 saturated heterocycles. The fraction of sp³-hybridized carbons (Fsp3) is 0.763. The summed E-state index contributed by atoms with van der Waals surface area (Å²) in [5, 5.41) is 35.2. The second-order valence-electron chi connectivity index (χ2n) is 16.4. The van der Waals surface area contributed by atoms with Gasteiger partial charge in [-0.25, -0.2) is 4.79 Å². The number of aliphatic hydroxyl groups is 1. The molecule has 2 amide bonds. The molecule has 46 heavy (non-hydrogen) atoms. The molecule has 8 nitrogen and oxygen atoms in total. The molecule has 1 aromatic rings. The van der Waals surface area contributed by atoms with Crippen LogP contribution in [0, 0.1) is 52.3 Å². The highest BCUT2D eigenvalue weighted by molar-refractivity contribution is 5.90. The lowest BCUT2D eigenvalue weighted by atomic mass is 9.44. The summed E-state index contributed by atoms with van der Waals surface area (Å²) in [6.45, 7) is 11.1. The average molecular weight is 639 g/mol. The monoisotopic (exact) mass is 638 g/mol. The molecule has 0 heterocycles. The number of hydrogen-bond acceptors (Lipinski definition) is 5. The van der Waals surface area contributed by atoms with Crippen molar-refractivity contribution in [3.8, 4) is 5.75 Å². The predicted octanol–water partition coefficient (Wildman–Crippen LogP) is 6.08. The van der Waals surface area contributed by atoms with E-state index in [2.05, 4.69) is 31.4 Å². The Morgan fingerprint density at radius 1 is 0.891 bits per heavy atom. The Morgan fingerprint density at radius 3 is 2.24 bits per heavy atom. The average Bonchev–Trinajstić information content (AvgIpc) is 3.36. The van der Waals surface area contributed by atoms with Gasteiger partial charge in [-0.1, -0.05) is 46.8 Å². The van der Waals surface area contributed by atoms with Gasteiger partial charge in [0, 0.05) is 12.8 Å². The molecule has 0 spiro atoms. The summed E-state index contributed by atoms with van der Waals surface area (Å²) in [5.74, 6) is 2.03. The third-order valence-corrected chi connectivity index (χ3v) is 13.5. The van der Waals surface area contributed by atoms with Crippen molar-refractivity contribution in [2.45, 2.75) is 130 Å². The van der Waals surface area contributed by atoms with E-state index in [-0.39, 0.29) is 30.1 Å². The highest BCUT2D eigenvalue weighted by atomic mass is 16.4. The first kappa shape index (κ1) is 34.7. The molecule has 0 aromatic heterocycles. The maximum Gasteiger partial charge on any atom is 0.326 e. The Hall–Kier alpha value is -2.61. The molecule has 11 atom stereocenters. The predicted molar refractivity (Wildman–Crippen MR) is 178 cm³/mol. The first-order valence-electron chi connectivity index (χ1n) is 18.0. The molecule has 0 aliphatic heterocycles. The lowest BCUT2D eigenvalue weighted by Gasteiger charge is -2.61. The van der Waals surface area contributed by atoms with Crippen LogP contribution < -0.4 is 10.6 Å². The molecule has 4 aliphatic carbocycles. The van der Waals surface area contributed by atoms with Crippen molar-refractivity contribution in [1.82, 2.24) is 10.6 Å². The van der Waals surface area contributed by atoms with E-state index in [0.29, 0.717) is 40.6 Å². The number of benzene rings is 1. The van der Waals surface area contributed by atoms with Crippen molar-refractivity contribution in [3.05, 3.63) is 29.8 Å². The van der Waals surface area contributed by atoms with Crippen molar-refractivity contribution in [1.29, 1.82) is 0 Å².